The van der Waals surface area contributed by atoms with Gasteiger partial charge in [0.25, 0.3) is 0 Å². The lowest BCUT2D eigenvalue weighted by molar-refractivity contribution is 0.585. The van der Waals surface area contributed by atoms with Crippen LogP contribution in [0.1, 0.15) is 87.1 Å². The highest BCUT2D eigenvalue weighted by Gasteiger charge is 2.32. The van der Waals surface area contributed by atoms with Crippen molar-refractivity contribution in [1.29, 1.82) is 0 Å². The molecule has 3 aliphatic heterocycles. The van der Waals surface area contributed by atoms with E-state index in [9.17, 15) is 13.2 Å². The molecule has 3 saturated heterocycles. The molecule has 0 aliphatic carbocycles. The molecule has 18 rings (SSSR count). The molecule has 0 radical (unpaired) electrons. The fraction of sp³-hybridized carbons (Fsp3) is 0.269. The van der Waals surface area contributed by atoms with E-state index in [0.29, 0.717) is 81.5 Å². The molecule has 0 spiro atoms. The van der Waals surface area contributed by atoms with E-state index in [1.807, 2.05) is 0 Å². The number of rotatable bonds is 15. The van der Waals surface area contributed by atoms with Gasteiger partial charge in [0.15, 0.2) is 17.5 Å². The predicted molar refractivity (Wildman–Crippen MR) is 416 cm³/mol. The van der Waals surface area contributed by atoms with Crippen LogP contribution >= 0.6 is 0 Å². The molecule has 3 atom stereocenters. The van der Waals surface area contributed by atoms with Crippen LogP contribution in [-0.2, 0) is 37.8 Å². The summed E-state index contributed by atoms with van der Waals surface area (Å²) in [5.74, 6) is -4.36. The van der Waals surface area contributed by atoms with Gasteiger partial charge in [0.2, 0.25) is 17.8 Å². The van der Waals surface area contributed by atoms with Gasteiger partial charge in [0, 0.05) is 224 Å². The molecular formula is C78H81F3N30. The number of hydrogen-bond acceptors (Lipinski definition) is 24. The minimum absolute atomic E-state index is 0.104. The van der Waals surface area contributed by atoms with E-state index < -0.39 is 130 Å². The second-order valence-electron chi connectivity index (χ2n) is 25.9. The summed E-state index contributed by atoms with van der Waals surface area (Å²) in [5, 5.41) is 24.8. The third kappa shape index (κ3) is 14.9. The van der Waals surface area contributed by atoms with Gasteiger partial charge in [-0.2, -0.15) is 30.6 Å². The first-order valence-electron chi connectivity index (χ1n) is 45.6. The first-order valence-corrected chi connectivity index (χ1v) is 33.6. The van der Waals surface area contributed by atoms with Crippen molar-refractivity contribution in [2.45, 2.75) is 37.4 Å². The van der Waals surface area contributed by atoms with E-state index in [1.54, 1.807) is 130 Å². The number of aromatic nitrogens is 21. The maximum atomic E-state index is 13.5. The summed E-state index contributed by atoms with van der Waals surface area (Å²) in [6.45, 7) is -34.3. The molecular weight excluding hydrogens is 1410 g/mol. The molecule has 0 saturated carbocycles. The molecule has 30 nitrogen and oxygen atoms in total. The second-order valence-corrected chi connectivity index (χ2v) is 25.9. The molecule has 3 fully saturated rings. The molecule has 0 amide bonds. The summed E-state index contributed by atoms with van der Waals surface area (Å²) < 4.78 is 263. The van der Waals surface area contributed by atoms with Crippen LogP contribution in [0.2, 0.25) is 0 Å². The second kappa shape index (κ2) is 29.8. The SMILES string of the molecule is [2H]C1([2H])N(c2ncc([C@@](C)(N)c3ccc(F)cc3)cn2)C([2H])([2H])C([2H])([2H])N(c2ncnn3cc(-c4cnn(C)c4)cc23)C1([2H])[2H].[2H]C1([2H])N(c2ncc([C@@](C)(N)c3ccc(F)cc3)cn2)C([2H])([2H])C([2H])([2H])N(c2ncnn3cc(-c4cnn(C)c4)cc23)C1([2H])[2H].[2H]C1([2H])N(c2ncc([C@@](C)(N)c3ccc(F)cc3)cn2)C([2H])([2H])C([2H])([2H])N(c2ncnn3cc(-c4cnn(C)c4)cc23)C1([2H])[2H]. The fourth-order valence-corrected chi connectivity index (χ4v) is 11.8. The summed E-state index contributed by atoms with van der Waals surface area (Å²) in [6.07, 6.45) is 25.2. The Hall–Kier alpha value is -13.1. The lowest BCUT2D eigenvalue weighted by atomic mass is 9.87. The number of anilines is 6. The summed E-state index contributed by atoms with van der Waals surface area (Å²) in [5.41, 5.74) is 22.4. The molecule has 0 unspecified atom stereocenters. The van der Waals surface area contributed by atoms with E-state index >= 15 is 0 Å². The Balaban J connectivity index is 0.000000147. The number of halogens is 3. The Kier molecular flexibility index (Phi) is 13.2. The highest BCUT2D eigenvalue weighted by atomic mass is 19.1. The van der Waals surface area contributed by atoms with Gasteiger partial charge in [0.05, 0.1) is 68.1 Å². The normalized spacial score (nSPS) is 24.4. The average Bonchev–Trinajstić information content (AvgIpc) is 1.17. The van der Waals surface area contributed by atoms with Crippen LogP contribution in [0, 0.1) is 17.5 Å². The maximum absolute atomic E-state index is 13.5. The minimum atomic E-state index is -3.27. The standard InChI is InChI=1S/3C26H27FN10/c3*1-26(28,20-3-5-22(27)6-4-20)21-13-29-25(30-14-21)36-9-7-35(8-10-36)24-23-11-18(16-37(23)33-17-31-24)19-12-32-34(2)15-19/h3*3-6,11-17H,7-10,28H2,1-2H3/t3*26-/m000/s1/i3*7D2,8D2,9D2,10D2. The van der Waals surface area contributed by atoms with Crippen molar-refractivity contribution in [2.75, 3.05) is 107 Å². The third-order valence-electron chi connectivity index (χ3n) is 18.2. The van der Waals surface area contributed by atoms with Crippen molar-refractivity contribution < 1.29 is 46.1 Å². The zero-order valence-electron chi connectivity index (χ0n) is 83.5. The van der Waals surface area contributed by atoms with Crippen molar-refractivity contribution in [3.05, 3.63) is 254 Å². The topological polar surface area (TPSA) is 319 Å². The molecule has 111 heavy (non-hydrogen) atoms. The number of hydrogen-bond donors (Lipinski definition) is 3. The van der Waals surface area contributed by atoms with Gasteiger partial charge in [-0.1, -0.05) is 36.4 Å². The molecule has 0 bridgehead atoms. The van der Waals surface area contributed by atoms with Crippen molar-refractivity contribution >= 4 is 51.8 Å². The van der Waals surface area contributed by atoms with Crippen LogP contribution in [-0.4, -0.2) is 181 Å². The van der Waals surface area contributed by atoms with Gasteiger partial charge in [0.1, 0.15) is 53.0 Å². The van der Waals surface area contributed by atoms with Crippen LogP contribution in [0.25, 0.3) is 49.9 Å². The number of nitrogens with two attached hydrogens (primary N) is 3. The Labute approximate surface area is 669 Å². The van der Waals surface area contributed by atoms with Gasteiger partial charge in [-0.3, -0.25) is 14.0 Å². The van der Waals surface area contributed by atoms with Crippen molar-refractivity contribution in [3.63, 3.8) is 0 Å². The van der Waals surface area contributed by atoms with Gasteiger partial charge in [-0.05, 0) is 92.1 Å². The third-order valence-corrected chi connectivity index (χ3v) is 18.2. The number of benzene rings is 3. The molecule has 12 aromatic heterocycles. The van der Waals surface area contributed by atoms with Crippen LogP contribution < -0.4 is 46.6 Å². The predicted octanol–water partition coefficient (Wildman–Crippen LogP) is 7.82. The maximum Gasteiger partial charge on any atom is 0.225 e. The van der Waals surface area contributed by atoms with Crippen LogP contribution in [0.3, 0.4) is 0 Å². The average molecular weight is 1520 g/mol. The first kappa shape index (κ1) is 49.0. The van der Waals surface area contributed by atoms with Gasteiger partial charge < -0.3 is 46.6 Å². The first-order chi connectivity index (χ1) is 62.7. The number of piperazine rings is 3. The van der Waals surface area contributed by atoms with E-state index in [2.05, 4.69) is 75.4 Å². The Morgan fingerprint density at radius 2 is 0.532 bits per heavy atom. The van der Waals surface area contributed by atoms with Crippen molar-refractivity contribution in [3.8, 4) is 33.4 Å². The zero-order valence-corrected chi connectivity index (χ0v) is 59.5. The zero-order chi connectivity index (χ0) is 98.2. The van der Waals surface area contributed by atoms with E-state index in [0.717, 1.165) is 19.0 Å². The number of fused-ring (bicyclic) bond motifs is 3. The van der Waals surface area contributed by atoms with E-state index in [-0.39, 0.29) is 48.7 Å². The van der Waals surface area contributed by atoms with Gasteiger partial charge >= 0.3 is 0 Å². The smallest absolute Gasteiger partial charge is 0.225 e. The highest BCUT2D eigenvalue weighted by molar-refractivity contribution is 5.80. The molecule has 15 heterocycles. The summed E-state index contributed by atoms with van der Waals surface area (Å²) in [4.78, 5) is 38.8. The van der Waals surface area contributed by atoms with Crippen LogP contribution in [0.15, 0.2) is 203 Å². The minimum Gasteiger partial charge on any atom is -0.351 e. The summed E-state index contributed by atoms with van der Waals surface area (Å²) in [7, 11) is 5.19. The number of nitrogens with zero attached hydrogens (tertiary/aromatic N) is 27. The van der Waals surface area contributed by atoms with Gasteiger partial charge in [-0.15, -0.1) is 0 Å². The highest BCUT2D eigenvalue weighted by Crippen LogP contribution is 2.35. The molecule has 3 aliphatic rings. The molecule has 15 aromatic rings. The summed E-state index contributed by atoms with van der Waals surface area (Å²) in [6, 6.07) is 21.0. The lowest BCUT2D eigenvalue weighted by Crippen LogP contribution is -2.47. The quantitative estimate of drug-likeness (QED) is 0.0880. The van der Waals surface area contributed by atoms with Crippen LogP contribution in [0.4, 0.5) is 48.5 Å². The van der Waals surface area contributed by atoms with E-state index in [1.165, 1.54) is 124 Å². The Morgan fingerprint density at radius 3 is 0.757 bits per heavy atom. The molecule has 33 heteroatoms. The van der Waals surface area contributed by atoms with Crippen LogP contribution in [0.5, 0.6) is 0 Å². The monoisotopic (exact) mass is 1520 g/mol. The van der Waals surface area contributed by atoms with Crippen molar-refractivity contribution in [1.82, 2.24) is 103 Å². The Morgan fingerprint density at radius 1 is 0.297 bits per heavy atom. The largest absolute Gasteiger partial charge is 0.351 e. The van der Waals surface area contributed by atoms with Crippen molar-refractivity contribution in [2.24, 2.45) is 38.3 Å². The lowest BCUT2D eigenvalue weighted by Gasteiger charge is -2.35. The van der Waals surface area contributed by atoms with Gasteiger partial charge in [-0.25, -0.2) is 71.6 Å². The summed E-state index contributed by atoms with van der Waals surface area (Å²) >= 11 is 0. The van der Waals surface area contributed by atoms with E-state index in [4.69, 9.17) is 50.1 Å². The Bertz CT molecular complexity index is 6240. The fourth-order valence-electron chi connectivity index (χ4n) is 11.8. The number of aryl methyl sites for hydroxylation is 3. The molecule has 3 aromatic carbocycles. The molecule has 6 N–H and O–H groups in total. The molecule has 564 valence electrons.